The first-order valence-electron chi connectivity index (χ1n) is 8.61. The topological polar surface area (TPSA) is 25.2 Å². The lowest BCUT2D eigenvalue weighted by Crippen LogP contribution is -2.44. The highest BCUT2D eigenvalue weighted by Crippen LogP contribution is 2.38. The molecule has 0 unspecified atom stereocenters. The van der Waals surface area contributed by atoms with E-state index < -0.39 is 0 Å². The lowest BCUT2D eigenvalue weighted by Gasteiger charge is -2.40. The number of aromatic nitrogens is 1. The number of carbonyl (C=O) groups excluding carboxylic acids is 1. The molecule has 0 N–H and O–H groups in total. The van der Waals surface area contributed by atoms with Crippen LogP contribution in [0.1, 0.15) is 58.3 Å². The van der Waals surface area contributed by atoms with Crippen LogP contribution in [-0.4, -0.2) is 28.5 Å². The van der Waals surface area contributed by atoms with Gasteiger partial charge in [-0.05, 0) is 43.7 Å². The molecule has 1 aliphatic heterocycles. The van der Waals surface area contributed by atoms with E-state index in [-0.39, 0.29) is 5.54 Å². The summed E-state index contributed by atoms with van der Waals surface area (Å²) >= 11 is 0. The fourth-order valence-corrected chi connectivity index (χ4v) is 4.04. The zero-order valence-electron chi connectivity index (χ0n) is 13.3. The van der Waals surface area contributed by atoms with Gasteiger partial charge in [-0.2, -0.15) is 0 Å². The Kier molecular flexibility index (Phi) is 4.37. The van der Waals surface area contributed by atoms with Crippen LogP contribution in [0.25, 0.3) is 0 Å². The van der Waals surface area contributed by atoms with E-state index in [1.165, 1.54) is 32.1 Å². The van der Waals surface area contributed by atoms with Gasteiger partial charge in [0.2, 0.25) is 5.91 Å². The van der Waals surface area contributed by atoms with Gasteiger partial charge in [0, 0.05) is 25.5 Å². The number of hydrogen-bond acceptors (Lipinski definition) is 1. The number of hydrogen-bond donors (Lipinski definition) is 0. The Labute approximate surface area is 128 Å². The van der Waals surface area contributed by atoms with Crippen LogP contribution in [0.5, 0.6) is 0 Å². The predicted molar refractivity (Wildman–Crippen MR) is 85.1 cm³/mol. The Balaban J connectivity index is 1.71. The molecule has 0 aromatic carbocycles. The van der Waals surface area contributed by atoms with Gasteiger partial charge in [-0.3, -0.25) is 4.79 Å². The molecule has 2 aliphatic rings. The maximum atomic E-state index is 12.8. The Morgan fingerprint density at radius 3 is 2.33 bits per heavy atom. The van der Waals surface area contributed by atoms with Gasteiger partial charge in [-0.1, -0.05) is 26.2 Å². The molecule has 3 nitrogen and oxygen atoms in total. The predicted octanol–water partition coefficient (Wildman–Crippen LogP) is 3.80. The van der Waals surface area contributed by atoms with Crippen molar-refractivity contribution in [2.24, 2.45) is 5.92 Å². The van der Waals surface area contributed by atoms with Gasteiger partial charge in [0.15, 0.2) is 0 Å². The largest absolute Gasteiger partial charge is 0.348 e. The molecule has 2 fully saturated rings. The van der Waals surface area contributed by atoms with E-state index in [9.17, 15) is 4.79 Å². The summed E-state index contributed by atoms with van der Waals surface area (Å²) in [6, 6.07) is 4.17. The molecule has 2 heterocycles. The SMILES string of the molecule is CC1CCN(C(=O)CC2(n3cccc3)CCCCC2)CC1. The van der Waals surface area contributed by atoms with Crippen molar-refractivity contribution in [2.45, 2.75) is 63.8 Å². The summed E-state index contributed by atoms with van der Waals surface area (Å²) in [7, 11) is 0. The lowest BCUT2D eigenvalue weighted by molar-refractivity contribution is -0.135. The smallest absolute Gasteiger partial charge is 0.224 e. The van der Waals surface area contributed by atoms with Crippen molar-refractivity contribution >= 4 is 5.91 Å². The fourth-order valence-electron chi connectivity index (χ4n) is 4.04. The molecule has 1 saturated carbocycles. The molecule has 0 spiro atoms. The molecule has 116 valence electrons. The van der Waals surface area contributed by atoms with Crippen LogP contribution < -0.4 is 0 Å². The highest BCUT2D eigenvalue weighted by molar-refractivity contribution is 5.77. The van der Waals surface area contributed by atoms with Gasteiger partial charge in [0.25, 0.3) is 0 Å². The number of carbonyl (C=O) groups is 1. The van der Waals surface area contributed by atoms with Crippen molar-refractivity contribution in [1.29, 1.82) is 0 Å². The number of piperidine rings is 1. The molecule has 1 aromatic heterocycles. The molecular formula is C18H28N2O. The van der Waals surface area contributed by atoms with E-state index >= 15 is 0 Å². The average Bonchev–Trinajstić information content (AvgIpc) is 3.04. The van der Waals surface area contributed by atoms with E-state index in [2.05, 4.69) is 40.9 Å². The van der Waals surface area contributed by atoms with E-state index in [1.54, 1.807) is 0 Å². The molecule has 21 heavy (non-hydrogen) atoms. The molecule has 3 heteroatoms. The standard InChI is InChI=1S/C18H28N2O/c1-16-7-13-19(14-8-16)17(21)15-18(9-3-2-4-10-18)20-11-5-6-12-20/h5-6,11-12,16H,2-4,7-10,13-15H2,1H3. The van der Waals surface area contributed by atoms with Crippen LogP contribution in [0.2, 0.25) is 0 Å². The highest BCUT2D eigenvalue weighted by atomic mass is 16.2. The quantitative estimate of drug-likeness (QED) is 0.830. The first-order valence-corrected chi connectivity index (χ1v) is 8.61. The third-order valence-electron chi connectivity index (χ3n) is 5.55. The van der Waals surface area contributed by atoms with Crippen molar-refractivity contribution < 1.29 is 4.79 Å². The minimum Gasteiger partial charge on any atom is -0.348 e. The first-order chi connectivity index (χ1) is 10.2. The van der Waals surface area contributed by atoms with E-state index in [1.807, 2.05) is 0 Å². The molecule has 0 radical (unpaired) electrons. The van der Waals surface area contributed by atoms with Crippen LogP contribution >= 0.6 is 0 Å². The normalized spacial score (nSPS) is 23.2. The van der Waals surface area contributed by atoms with E-state index in [0.29, 0.717) is 12.3 Å². The van der Waals surface area contributed by atoms with Gasteiger partial charge in [0.1, 0.15) is 0 Å². The molecule has 0 bridgehead atoms. The monoisotopic (exact) mass is 288 g/mol. The number of likely N-dealkylation sites (tertiary alicyclic amines) is 1. The van der Waals surface area contributed by atoms with Crippen LogP contribution in [0.4, 0.5) is 0 Å². The minimum atomic E-state index is 0.0435. The van der Waals surface area contributed by atoms with Crippen LogP contribution in [0.3, 0.4) is 0 Å². The Morgan fingerprint density at radius 2 is 1.71 bits per heavy atom. The highest BCUT2D eigenvalue weighted by Gasteiger charge is 2.37. The third-order valence-corrected chi connectivity index (χ3v) is 5.55. The second-order valence-corrected chi connectivity index (χ2v) is 7.12. The maximum absolute atomic E-state index is 12.8. The third kappa shape index (κ3) is 3.17. The van der Waals surface area contributed by atoms with Crippen molar-refractivity contribution in [3.63, 3.8) is 0 Å². The van der Waals surface area contributed by atoms with Crippen molar-refractivity contribution in [2.75, 3.05) is 13.1 Å². The van der Waals surface area contributed by atoms with Gasteiger partial charge < -0.3 is 9.47 Å². The Bertz CT molecular complexity index is 452. The molecular weight excluding hydrogens is 260 g/mol. The molecule has 0 atom stereocenters. The summed E-state index contributed by atoms with van der Waals surface area (Å²) in [5, 5.41) is 0. The van der Waals surface area contributed by atoms with Gasteiger partial charge in [-0.15, -0.1) is 0 Å². The molecule has 1 aliphatic carbocycles. The number of nitrogens with zero attached hydrogens (tertiary/aromatic N) is 2. The van der Waals surface area contributed by atoms with Crippen molar-refractivity contribution in [3.05, 3.63) is 24.5 Å². The first kappa shape index (κ1) is 14.7. The van der Waals surface area contributed by atoms with Crippen molar-refractivity contribution in [3.8, 4) is 0 Å². The second-order valence-electron chi connectivity index (χ2n) is 7.12. The number of rotatable bonds is 3. The van der Waals surface area contributed by atoms with Crippen LogP contribution in [0, 0.1) is 5.92 Å². The summed E-state index contributed by atoms with van der Waals surface area (Å²) < 4.78 is 2.32. The Hall–Kier alpha value is -1.25. The van der Waals surface area contributed by atoms with E-state index in [0.717, 1.165) is 31.8 Å². The zero-order chi connectivity index (χ0) is 14.7. The summed E-state index contributed by atoms with van der Waals surface area (Å²) in [5.74, 6) is 1.15. The average molecular weight is 288 g/mol. The number of amides is 1. The summed E-state index contributed by atoms with van der Waals surface area (Å²) in [6.45, 7) is 4.22. The lowest BCUT2D eigenvalue weighted by atomic mass is 9.78. The molecule has 3 rings (SSSR count). The fraction of sp³-hybridized carbons (Fsp3) is 0.722. The van der Waals surface area contributed by atoms with Gasteiger partial charge in [0.05, 0.1) is 12.0 Å². The summed E-state index contributed by atoms with van der Waals surface area (Å²) in [4.78, 5) is 14.9. The summed E-state index contributed by atoms with van der Waals surface area (Å²) in [6.07, 6.45) is 13.5. The Morgan fingerprint density at radius 1 is 1.10 bits per heavy atom. The van der Waals surface area contributed by atoms with Crippen molar-refractivity contribution in [1.82, 2.24) is 9.47 Å². The van der Waals surface area contributed by atoms with E-state index in [4.69, 9.17) is 0 Å². The van der Waals surface area contributed by atoms with Gasteiger partial charge >= 0.3 is 0 Å². The van der Waals surface area contributed by atoms with Gasteiger partial charge in [-0.25, -0.2) is 0 Å². The maximum Gasteiger partial charge on any atom is 0.224 e. The summed E-state index contributed by atoms with van der Waals surface area (Å²) in [5.41, 5.74) is 0.0435. The second kappa shape index (κ2) is 6.25. The van der Waals surface area contributed by atoms with Crippen LogP contribution in [0.15, 0.2) is 24.5 Å². The van der Waals surface area contributed by atoms with Crippen LogP contribution in [-0.2, 0) is 10.3 Å². The minimum absolute atomic E-state index is 0.0435. The molecule has 1 aromatic rings. The molecule has 1 saturated heterocycles. The zero-order valence-corrected chi connectivity index (χ0v) is 13.3. The molecule has 1 amide bonds.